The van der Waals surface area contributed by atoms with Crippen molar-refractivity contribution in [2.75, 3.05) is 0 Å². The maximum absolute atomic E-state index is 9.83. The Kier molecular flexibility index (Phi) is 9.40. The number of aromatic nitrogens is 4. The minimum absolute atomic E-state index is 0.00713. The summed E-state index contributed by atoms with van der Waals surface area (Å²) in [5, 5.41) is 9.83. The van der Waals surface area contributed by atoms with Crippen molar-refractivity contribution in [2.45, 2.75) is 37.5 Å². The number of hydrogen-bond acceptors (Lipinski definition) is 5. The third-order valence-corrected chi connectivity index (χ3v) is 12.9. The zero-order chi connectivity index (χ0) is 41.5. The highest BCUT2D eigenvalue weighted by Crippen LogP contribution is 2.58. The number of rotatable bonds is 7. The van der Waals surface area contributed by atoms with Gasteiger partial charge in [0.2, 0.25) is 0 Å². The maximum atomic E-state index is 9.83. The normalized spacial score (nSPS) is 13.6. The van der Waals surface area contributed by atoms with E-state index >= 15 is 0 Å². The lowest BCUT2D eigenvalue weighted by atomic mass is 9.67. The van der Waals surface area contributed by atoms with Gasteiger partial charge in [-0.25, -0.2) is 15.0 Å². The van der Waals surface area contributed by atoms with Crippen LogP contribution in [0.4, 0.5) is 0 Å². The van der Waals surface area contributed by atoms with E-state index in [0.29, 0.717) is 17.5 Å². The largest absolute Gasteiger partial charge is 0.264 e. The monoisotopic (exact) mass is 795 g/mol. The molecule has 294 valence electrons. The zero-order valence-corrected chi connectivity index (χ0v) is 34.2. The molecule has 0 saturated heterocycles. The molecule has 2 aliphatic carbocycles. The Morgan fingerprint density at radius 3 is 1.63 bits per heavy atom. The van der Waals surface area contributed by atoms with Crippen LogP contribution in [0.3, 0.4) is 0 Å². The second-order valence-corrected chi connectivity index (χ2v) is 16.5. The summed E-state index contributed by atoms with van der Waals surface area (Å²) in [4.78, 5) is 19.3. The fraction of sp³-hybridized carbons (Fsp3) is 0.105. The van der Waals surface area contributed by atoms with Gasteiger partial charge in [0.15, 0.2) is 17.5 Å². The third-order valence-electron chi connectivity index (χ3n) is 12.9. The highest BCUT2D eigenvalue weighted by Gasteiger charge is 2.44. The fourth-order valence-electron chi connectivity index (χ4n) is 9.80. The van der Waals surface area contributed by atoms with E-state index in [1.165, 1.54) is 52.6 Å². The van der Waals surface area contributed by atoms with Crippen molar-refractivity contribution in [1.29, 1.82) is 5.26 Å². The summed E-state index contributed by atoms with van der Waals surface area (Å²) < 4.78 is 0. The summed E-state index contributed by atoms with van der Waals surface area (Å²) in [6.07, 6.45) is 9.64. The fourth-order valence-corrected chi connectivity index (χ4v) is 9.80. The van der Waals surface area contributed by atoms with Gasteiger partial charge >= 0.3 is 0 Å². The highest BCUT2D eigenvalue weighted by atomic mass is 15.0. The first-order valence-corrected chi connectivity index (χ1v) is 21.5. The summed E-state index contributed by atoms with van der Waals surface area (Å²) in [5.41, 5.74) is 18.0. The van der Waals surface area contributed by atoms with E-state index in [0.717, 1.165) is 68.5 Å². The molecule has 2 heterocycles. The van der Waals surface area contributed by atoms with Crippen molar-refractivity contribution in [3.8, 4) is 95.9 Å². The third kappa shape index (κ3) is 6.67. The Morgan fingerprint density at radius 2 is 0.952 bits per heavy atom. The van der Waals surface area contributed by atoms with Gasteiger partial charge in [-0.3, -0.25) is 4.98 Å². The molecule has 0 amide bonds. The Hall–Kier alpha value is -7.81. The number of pyridine rings is 1. The molecule has 2 aromatic heterocycles. The van der Waals surface area contributed by atoms with Crippen LogP contribution in [0.5, 0.6) is 0 Å². The molecule has 62 heavy (non-hydrogen) atoms. The molecule has 1 spiro atoms. The minimum Gasteiger partial charge on any atom is -0.264 e. The van der Waals surface area contributed by atoms with Gasteiger partial charge in [-0.05, 0) is 110 Å². The van der Waals surface area contributed by atoms with Gasteiger partial charge in [0.1, 0.15) is 0 Å². The predicted molar refractivity (Wildman–Crippen MR) is 250 cm³/mol. The van der Waals surface area contributed by atoms with Gasteiger partial charge in [-0.15, -0.1) is 0 Å². The first-order chi connectivity index (χ1) is 30.6. The molecule has 9 aromatic rings. The summed E-state index contributed by atoms with van der Waals surface area (Å²) >= 11 is 0. The van der Waals surface area contributed by atoms with Crippen LogP contribution in [-0.4, -0.2) is 19.9 Å². The van der Waals surface area contributed by atoms with Crippen molar-refractivity contribution >= 4 is 0 Å². The van der Waals surface area contributed by atoms with Crippen molar-refractivity contribution in [3.05, 3.63) is 205 Å². The van der Waals surface area contributed by atoms with Crippen molar-refractivity contribution < 1.29 is 0 Å². The molecule has 1 fully saturated rings. The van der Waals surface area contributed by atoms with Crippen molar-refractivity contribution in [2.24, 2.45) is 0 Å². The van der Waals surface area contributed by atoms with Gasteiger partial charge in [0, 0.05) is 34.5 Å². The highest BCUT2D eigenvalue weighted by molar-refractivity contribution is 5.93. The summed E-state index contributed by atoms with van der Waals surface area (Å²) in [7, 11) is 0. The Labute approximate surface area is 362 Å². The number of nitriles is 1. The first-order valence-electron chi connectivity index (χ1n) is 21.5. The van der Waals surface area contributed by atoms with Crippen LogP contribution in [0.15, 0.2) is 188 Å². The number of hydrogen-bond donors (Lipinski definition) is 0. The molecule has 2 aliphatic rings. The molecule has 7 aromatic carbocycles. The van der Waals surface area contributed by atoms with Gasteiger partial charge in [0.05, 0.1) is 11.6 Å². The summed E-state index contributed by atoms with van der Waals surface area (Å²) in [5.74, 6) is 1.87. The van der Waals surface area contributed by atoms with Crippen LogP contribution in [0, 0.1) is 11.3 Å². The summed E-state index contributed by atoms with van der Waals surface area (Å²) in [6.45, 7) is 0. The SMILES string of the molecule is N#Cc1ccc2c(c1)C1(CCCCC1)c1cccc(-c3ccc(-c4cccc(-c5cccc(-c6nc(-c7ccccc7)nc(-c7ccc(-c8cccnc8)cc7)n6)c5)c4)cc3)c1-2. The quantitative estimate of drug-likeness (QED) is 0.161. The second kappa shape index (κ2) is 15.7. The smallest absolute Gasteiger partial charge is 0.164 e. The van der Waals surface area contributed by atoms with E-state index in [4.69, 9.17) is 15.0 Å². The van der Waals surface area contributed by atoms with Crippen LogP contribution in [-0.2, 0) is 5.41 Å². The van der Waals surface area contributed by atoms with Crippen molar-refractivity contribution in [3.63, 3.8) is 0 Å². The van der Waals surface area contributed by atoms with Gasteiger partial charge < -0.3 is 0 Å². The maximum Gasteiger partial charge on any atom is 0.164 e. The van der Waals surface area contributed by atoms with E-state index in [2.05, 4.69) is 145 Å². The predicted octanol–water partition coefficient (Wildman–Crippen LogP) is 14.0. The summed E-state index contributed by atoms with van der Waals surface area (Å²) in [6, 6.07) is 64.2. The Balaban J connectivity index is 0.915. The molecule has 0 aliphatic heterocycles. The van der Waals surface area contributed by atoms with E-state index in [9.17, 15) is 5.26 Å². The van der Waals surface area contributed by atoms with E-state index in [1.807, 2.05) is 48.7 Å². The zero-order valence-electron chi connectivity index (χ0n) is 34.2. The second-order valence-electron chi connectivity index (χ2n) is 16.5. The Bertz CT molecular complexity index is 3140. The lowest BCUT2D eigenvalue weighted by Gasteiger charge is -2.36. The molecule has 0 radical (unpaired) electrons. The van der Waals surface area contributed by atoms with E-state index in [-0.39, 0.29) is 5.41 Å². The van der Waals surface area contributed by atoms with Crippen molar-refractivity contribution in [1.82, 2.24) is 19.9 Å². The number of nitrogens with zero attached hydrogens (tertiary/aromatic N) is 5. The molecule has 0 N–H and O–H groups in total. The van der Waals surface area contributed by atoms with E-state index < -0.39 is 0 Å². The molecule has 5 nitrogen and oxygen atoms in total. The molecule has 11 rings (SSSR count). The van der Waals surface area contributed by atoms with Crippen LogP contribution < -0.4 is 0 Å². The molecule has 1 saturated carbocycles. The molecule has 0 atom stereocenters. The minimum atomic E-state index is -0.00713. The molecule has 0 unspecified atom stereocenters. The lowest BCUT2D eigenvalue weighted by molar-refractivity contribution is 0.353. The average molecular weight is 796 g/mol. The molecule has 5 heteroatoms. The van der Waals surface area contributed by atoms with Gasteiger partial charge in [-0.2, -0.15) is 5.26 Å². The van der Waals surface area contributed by atoms with Crippen LogP contribution in [0.25, 0.3) is 89.8 Å². The van der Waals surface area contributed by atoms with Crippen LogP contribution in [0.1, 0.15) is 48.8 Å². The van der Waals surface area contributed by atoms with Gasteiger partial charge in [0.25, 0.3) is 0 Å². The number of benzene rings is 7. The average Bonchev–Trinajstić information content (AvgIpc) is 3.62. The molecular weight excluding hydrogens is 755 g/mol. The Morgan fingerprint density at radius 1 is 0.403 bits per heavy atom. The molecule has 0 bridgehead atoms. The molecular formula is C57H41N5. The van der Waals surface area contributed by atoms with Crippen LogP contribution >= 0.6 is 0 Å². The number of fused-ring (bicyclic) bond motifs is 5. The van der Waals surface area contributed by atoms with Gasteiger partial charge in [-0.1, -0.05) is 165 Å². The van der Waals surface area contributed by atoms with E-state index in [1.54, 1.807) is 6.20 Å². The topological polar surface area (TPSA) is 75.3 Å². The lowest BCUT2D eigenvalue weighted by Crippen LogP contribution is -2.28. The van der Waals surface area contributed by atoms with Crippen LogP contribution in [0.2, 0.25) is 0 Å². The standard InChI is InChI=1S/C57H41N5/c58-36-38-20-29-50-52(33-38)57(30-5-2-6-31-57)51-19-9-18-49(53(50)51)41-25-21-39(22-26-41)44-13-7-14-45(34-44)46-15-8-16-47(35-46)56-61-54(42-11-3-1-4-12-42)60-55(62-56)43-27-23-40(24-28-43)48-17-10-32-59-37-48/h1,3-4,7-29,32-35,37H,2,5-6,30-31H2. The first kappa shape index (κ1) is 37.2.